The molecule has 3 aromatic rings. The number of amides is 1. The van der Waals surface area contributed by atoms with Crippen molar-refractivity contribution in [3.63, 3.8) is 0 Å². The Morgan fingerprint density at radius 1 is 0.885 bits per heavy atom. The van der Waals surface area contributed by atoms with Gasteiger partial charge in [0, 0.05) is 12.2 Å². The summed E-state index contributed by atoms with van der Waals surface area (Å²) in [6, 6.07) is 26.6. The Balaban J connectivity index is 1.75. The first-order valence-electron chi connectivity index (χ1n) is 8.53. The Morgan fingerprint density at radius 3 is 2.12 bits per heavy atom. The van der Waals surface area contributed by atoms with Gasteiger partial charge >= 0.3 is 0 Å². The van der Waals surface area contributed by atoms with Gasteiger partial charge in [0.15, 0.2) is 0 Å². The van der Waals surface area contributed by atoms with E-state index in [1.54, 1.807) is 7.11 Å². The molecule has 0 aliphatic heterocycles. The monoisotopic (exact) mass is 346 g/mol. The van der Waals surface area contributed by atoms with Crippen LogP contribution < -0.4 is 15.4 Å². The zero-order valence-corrected chi connectivity index (χ0v) is 14.7. The average molecular weight is 346 g/mol. The molecule has 0 radical (unpaired) electrons. The first-order chi connectivity index (χ1) is 12.8. The van der Waals surface area contributed by atoms with Crippen LogP contribution in [-0.4, -0.2) is 13.0 Å². The summed E-state index contributed by atoms with van der Waals surface area (Å²) in [4.78, 5) is 12.8. The second-order valence-corrected chi connectivity index (χ2v) is 5.92. The molecule has 0 spiro atoms. The number of ether oxygens (including phenoxy) is 1. The van der Waals surface area contributed by atoms with Gasteiger partial charge in [-0.3, -0.25) is 4.79 Å². The topological polar surface area (TPSA) is 50.4 Å². The normalized spacial score (nSPS) is 11.4. The second kappa shape index (κ2) is 8.72. The molecule has 1 unspecified atom stereocenters. The van der Waals surface area contributed by atoms with E-state index in [0.29, 0.717) is 6.54 Å². The molecule has 0 fully saturated rings. The molecule has 1 amide bonds. The highest BCUT2D eigenvalue weighted by molar-refractivity contribution is 5.86. The summed E-state index contributed by atoms with van der Waals surface area (Å²) in [6.45, 7) is 0.493. The van der Waals surface area contributed by atoms with Crippen LogP contribution in [-0.2, 0) is 11.3 Å². The summed E-state index contributed by atoms with van der Waals surface area (Å²) in [7, 11) is 1.63. The van der Waals surface area contributed by atoms with Gasteiger partial charge in [0.2, 0.25) is 5.91 Å². The van der Waals surface area contributed by atoms with Gasteiger partial charge in [0.1, 0.15) is 11.8 Å². The summed E-state index contributed by atoms with van der Waals surface area (Å²) >= 11 is 0. The molecule has 4 nitrogen and oxygen atoms in total. The first kappa shape index (κ1) is 17.5. The lowest BCUT2D eigenvalue weighted by atomic mass is 10.1. The molecule has 0 aliphatic carbocycles. The van der Waals surface area contributed by atoms with Crippen molar-refractivity contribution < 1.29 is 9.53 Å². The predicted octanol–water partition coefficient (Wildman–Crippen LogP) is 4.16. The summed E-state index contributed by atoms with van der Waals surface area (Å²) in [6.07, 6.45) is 0. The minimum absolute atomic E-state index is 0.0733. The van der Waals surface area contributed by atoms with E-state index >= 15 is 0 Å². The van der Waals surface area contributed by atoms with Crippen molar-refractivity contribution in [2.24, 2.45) is 0 Å². The molecule has 132 valence electrons. The van der Waals surface area contributed by atoms with Crippen molar-refractivity contribution in [3.8, 4) is 5.75 Å². The number of rotatable bonds is 7. The Morgan fingerprint density at radius 2 is 1.50 bits per heavy atom. The van der Waals surface area contributed by atoms with Gasteiger partial charge < -0.3 is 15.4 Å². The van der Waals surface area contributed by atoms with Gasteiger partial charge in [-0.25, -0.2) is 0 Å². The quantitative estimate of drug-likeness (QED) is 0.675. The van der Waals surface area contributed by atoms with E-state index in [1.165, 1.54) is 0 Å². The predicted molar refractivity (Wildman–Crippen MR) is 104 cm³/mol. The SMILES string of the molecule is COc1ccc(NC(C(=O)NCc2ccccc2)c2ccccc2)cc1. The van der Waals surface area contributed by atoms with Crippen molar-refractivity contribution in [1.82, 2.24) is 5.32 Å². The maximum atomic E-state index is 12.8. The summed E-state index contributed by atoms with van der Waals surface area (Å²) in [5, 5.41) is 6.33. The van der Waals surface area contributed by atoms with E-state index < -0.39 is 6.04 Å². The lowest BCUT2D eigenvalue weighted by Gasteiger charge is -2.20. The minimum atomic E-state index is -0.478. The Hall–Kier alpha value is -3.27. The number of benzene rings is 3. The summed E-state index contributed by atoms with van der Waals surface area (Å²) in [5.74, 6) is 0.705. The van der Waals surface area contributed by atoms with Gasteiger partial charge in [0.05, 0.1) is 7.11 Å². The highest BCUT2D eigenvalue weighted by atomic mass is 16.5. The molecule has 26 heavy (non-hydrogen) atoms. The third-order valence-corrected chi connectivity index (χ3v) is 4.11. The van der Waals surface area contributed by atoms with Crippen LogP contribution in [0.5, 0.6) is 5.75 Å². The largest absolute Gasteiger partial charge is 0.497 e. The molecule has 0 aromatic heterocycles. The summed E-state index contributed by atoms with van der Waals surface area (Å²) in [5.41, 5.74) is 2.83. The molecular weight excluding hydrogens is 324 g/mol. The van der Waals surface area contributed by atoms with Gasteiger partial charge in [-0.1, -0.05) is 60.7 Å². The molecule has 2 N–H and O–H groups in total. The second-order valence-electron chi connectivity index (χ2n) is 5.92. The minimum Gasteiger partial charge on any atom is -0.497 e. The fourth-order valence-electron chi connectivity index (χ4n) is 2.69. The number of hydrogen-bond donors (Lipinski definition) is 2. The van der Waals surface area contributed by atoms with E-state index in [-0.39, 0.29) is 5.91 Å². The van der Waals surface area contributed by atoms with Crippen LogP contribution in [0.15, 0.2) is 84.9 Å². The lowest BCUT2D eigenvalue weighted by molar-refractivity contribution is -0.122. The third-order valence-electron chi connectivity index (χ3n) is 4.11. The van der Waals surface area contributed by atoms with Crippen molar-refractivity contribution >= 4 is 11.6 Å². The highest BCUT2D eigenvalue weighted by Gasteiger charge is 2.20. The molecule has 0 bridgehead atoms. The van der Waals surface area contributed by atoms with Crippen LogP contribution in [0.2, 0.25) is 0 Å². The van der Waals surface area contributed by atoms with Crippen LogP contribution in [0.4, 0.5) is 5.69 Å². The van der Waals surface area contributed by atoms with Crippen molar-refractivity contribution in [1.29, 1.82) is 0 Å². The van der Waals surface area contributed by atoms with Crippen LogP contribution in [0.1, 0.15) is 17.2 Å². The van der Waals surface area contributed by atoms with E-state index in [4.69, 9.17) is 4.74 Å². The zero-order chi connectivity index (χ0) is 18.2. The van der Waals surface area contributed by atoms with Crippen LogP contribution in [0.3, 0.4) is 0 Å². The molecule has 3 rings (SSSR count). The standard InChI is InChI=1S/C22H22N2O2/c1-26-20-14-12-19(13-15-20)24-21(18-10-6-3-7-11-18)22(25)23-16-17-8-4-2-5-9-17/h2-15,21,24H,16H2,1H3,(H,23,25). The maximum Gasteiger partial charge on any atom is 0.247 e. The van der Waals surface area contributed by atoms with Crippen LogP contribution in [0, 0.1) is 0 Å². The van der Waals surface area contributed by atoms with Gasteiger partial charge in [-0.2, -0.15) is 0 Å². The van der Waals surface area contributed by atoms with E-state index in [0.717, 1.165) is 22.6 Å². The number of carbonyl (C=O) groups excluding carboxylic acids is 1. The maximum absolute atomic E-state index is 12.8. The molecule has 4 heteroatoms. The van der Waals surface area contributed by atoms with Crippen LogP contribution in [0.25, 0.3) is 0 Å². The molecule has 1 atom stereocenters. The van der Waals surface area contributed by atoms with Crippen molar-refractivity contribution in [2.75, 3.05) is 12.4 Å². The Bertz CT molecular complexity index is 818. The van der Waals surface area contributed by atoms with Gasteiger partial charge in [0.25, 0.3) is 0 Å². The van der Waals surface area contributed by atoms with Crippen LogP contribution >= 0.6 is 0 Å². The average Bonchev–Trinajstić information content (AvgIpc) is 2.72. The van der Waals surface area contributed by atoms with E-state index in [2.05, 4.69) is 10.6 Å². The molecule has 3 aromatic carbocycles. The fraction of sp³-hybridized carbons (Fsp3) is 0.136. The Kier molecular flexibility index (Phi) is 5.88. The first-order valence-corrected chi connectivity index (χ1v) is 8.53. The van der Waals surface area contributed by atoms with E-state index in [9.17, 15) is 4.79 Å². The number of methoxy groups -OCH3 is 1. The molecule has 0 heterocycles. The fourth-order valence-corrected chi connectivity index (χ4v) is 2.69. The summed E-state index contributed by atoms with van der Waals surface area (Å²) < 4.78 is 5.19. The number of nitrogens with one attached hydrogen (secondary N) is 2. The number of anilines is 1. The van der Waals surface area contributed by atoms with E-state index in [1.807, 2.05) is 84.9 Å². The Labute approximate surface area is 153 Å². The zero-order valence-electron chi connectivity index (χ0n) is 14.7. The number of carbonyl (C=O) groups is 1. The molecule has 0 saturated carbocycles. The molecule has 0 saturated heterocycles. The smallest absolute Gasteiger partial charge is 0.247 e. The van der Waals surface area contributed by atoms with Crippen molar-refractivity contribution in [3.05, 3.63) is 96.1 Å². The van der Waals surface area contributed by atoms with Gasteiger partial charge in [-0.15, -0.1) is 0 Å². The molecule has 0 aliphatic rings. The lowest BCUT2D eigenvalue weighted by Crippen LogP contribution is -2.33. The molecular formula is C22H22N2O2. The van der Waals surface area contributed by atoms with Gasteiger partial charge in [-0.05, 0) is 35.4 Å². The highest BCUT2D eigenvalue weighted by Crippen LogP contribution is 2.22. The third kappa shape index (κ3) is 4.63. The number of hydrogen-bond acceptors (Lipinski definition) is 3. The van der Waals surface area contributed by atoms with Crippen molar-refractivity contribution in [2.45, 2.75) is 12.6 Å².